The molecule has 0 spiro atoms. The molecule has 1 aromatic heterocycles. The van der Waals surface area contributed by atoms with Gasteiger partial charge in [-0.3, -0.25) is 0 Å². The van der Waals surface area contributed by atoms with Gasteiger partial charge in [0.15, 0.2) is 0 Å². The molecule has 2 aromatic rings. The third-order valence-corrected chi connectivity index (χ3v) is 4.63. The third kappa shape index (κ3) is 3.86. The summed E-state index contributed by atoms with van der Waals surface area (Å²) in [5, 5.41) is 5.03. The zero-order valence-electron chi connectivity index (χ0n) is 13.1. The number of unbranched alkanes of at least 4 members (excludes halogenated alkanes) is 1. The van der Waals surface area contributed by atoms with E-state index in [0.29, 0.717) is 6.04 Å². The first-order chi connectivity index (χ1) is 10.3. The lowest BCUT2D eigenvalue weighted by molar-refractivity contribution is 0.195. The van der Waals surface area contributed by atoms with Crippen molar-refractivity contribution in [3.05, 3.63) is 36.0 Å². The highest BCUT2D eigenvalue weighted by molar-refractivity contribution is 5.79. The second-order valence-corrected chi connectivity index (χ2v) is 6.25. The van der Waals surface area contributed by atoms with E-state index in [4.69, 9.17) is 0 Å². The van der Waals surface area contributed by atoms with Crippen molar-refractivity contribution in [1.29, 1.82) is 0 Å². The molecule has 1 saturated heterocycles. The molecule has 114 valence electrons. The predicted molar refractivity (Wildman–Crippen MR) is 89.5 cm³/mol. The van der Waals surface area contributed by atoms with Gasteiger partial charge >= 0.3 is 0 Å². The zero-order chi connectivity index (χ0) is 14.5. The van der Waals surface area contributed by atoms with E-state index in [1.54, 1.807) is 0 Å². The summed E-state index contributed by atoms with van der Waals surface area (Å²) in [6.07, 6.45) is 7.23. The molecule has 0 saturated carbocycles. The summed E-state index contributed by atoms with van der Waals surface area (Å²) in [6.45, 7) is 7.05. The number of rotatable bonds is 6. The molecule has 1 aliphatic rings. The summed E-state index contributed by atoms with van der Waals surface area (Å²) in [6, 6.07) is 9.51. The fraction of sp³-hybridized carbons (Fsp3) is 0.556. The molecule has 0 unspecified atom stereocenters. The minimum absolute atomic E-state index is 0.683. The van der Waals surface area contributed by atoms with Crippen LogP contribution in [0.5, 0.6) is 0 Å². The Morgan fingerprint density at radius 1 is 1.24 bits per heavy atom. The van der Waals surface area contributed by atoms with Crippen molar-refractivity contribution >= 4 is 10.9 Å². The quantitative estimate of drug-likeness (QED) is 0.851. The van der Waals surface area contributed by atoms with Crippen molar-refractivity contribution in [2.45, 2.75) is 45.2 Å². The molecule has 0 amide bonds. The van der Waals surface area contributed by atoms with Crippen LogP contribution in [-0.2, 0) is 6.54 Å². The van der Waals surface area contributed by atoms with Gasteiger partial charge < -0.3 is 15.2 Å². The van der Waals surface area contributed by atoms with Crippen LogP contribution < -0.4 is 5.32 Å². The molecule has 0 bridgehead atoms. The SMILES string of the molecule is CCCCN1CCC(NCc2ccc3cc[nH]c3c2)CC1. The van der Waals surface area contributed by atoms with E-state index < -0.39 is 0 Å². The largest absolute Gasteiger partial charge is 0.361 e. The molecule has 21 heavy (non-hydrogen) atoms. The summed E-state index contributed by atoms with van der Waals surface area (Å²) < 4.78 is 0. The lowest BCUT2D eigenvalue weighted by Crippen LogP contribution is -2.42. The Labute approximate surface area is 127 Å². The van der Waals surface area contributed by atoms with Crippen LogP contribution >= 0.6 is 0 Å². The van der Waals surface area contributed by atoms with Crippen molar-refractivity contribution in [3.8, 4) is 0 Å². The molecule has 3 nitrogen and oxygen atoms in total. The molecule has 0 aliphatic carbocycles. The minimum Gasteiger partial charge on any atom is -0.361 e. The Morgan fingerprint density at radius 2 is 2.10 bits per heavy atom. The van der Waals surface area contributed by atoms with E-state index in [2.05, 4.69) is 46.4 Å². The highest BCUT2D eigenvalue weighted by Crippen LogP contribution is 2.15. The fourth-order valence-corrected chi connectivity index (χ4v) is 3.21. The van der Waals surface area contributed by atoms with Crippen LogP contribution in [0.2, 0.25) is 0 Å². The maximum atomic E-state index is 3.73. The van der Waals surface area contributed by atoms with Gasteiger partial charge in [-0.05, 0) is 62.0 Å². The average Bonchev–Trinajstić information content (AvgIpc) is 2.99. The molecule has 3 heteroatoms. The molecule has 0 radical (unpaired) electrons. The Hall–Kier alpha value is -1.32. The van der Waals surface area contributed by atoms with Crippen LogP contribution in [-0.4, -0.2) is 35.6 Å². The van der Waals surface area contributed by atoms with Crippen LogP contribution in [0.3, 0.4) is 0 Å². The molecular weight excluding hydrogens is 258 g/mol. The molecule has 2 heterocycles. The maximum Gasteiger partial charge on any atom is 0.0457 e. The molecule has 1 fully saturated rings. The number of H-pyrrole nitrogens is 1. The van der Waals surface area contributed by atoms with Gasteiger partial charge in [0.05, 0.1) is 0 Å². The van der Waals surface area contributed by atoms with Crippen molar-refractivity contribution in [2.75, 3.05) is 19.6 Å². The number of hydrogen-bond donors (Lipinski definition) is 2. The summed E-state index contributed by atoms with van der Waals surface area (Å²) >= 11 is 0. The van der Waals surface area contributed by atoms with Gasteiger partial charge in [0.1, 0.15) is 0 Å². The summed E-state index contributed by atoms with van der Waals surface area (Å²) in [4.78, 5) is 5.91. The molecule has 2 N–H and O–H groups in total. The summed E-state index contributed by atoms with van der Waals surface area (Å²) in [5.41, 5.74) is 2.61. The number of fused-ring (bicyclic) bond motifs is 1. The minimum atomic E-state index is 0.683. The van der Waals surface area contributed by atoms with Crippen LogP contribution in [0.1, 0.15) is 38.2 Å². The van der Waals surface area contributed by atoms with E-state index in [1.807, 2.05) is 6.20 Å². The van der Waals surface area contributed by atoms with E-state index in [-0.39, 0.29) is 0 Å². The Kier molecular flexibility index (Phi) is 4.94. The van der Waals surface area contributed by atoms with Crippen molar-refractivity contribution in [2.24, 2.45) is 0 Å². The van der Waals surface area contributed by atoms with E-state index in [9.17, 15) is 0 Å². The van der Waals surface area contributed by atoms with E-state index in [0.717, 1.165) is 6.54 Å². The number of piperidine rings is 1. The van der Waals surface area contributed by atoms with Crippen LogP contribution in [0.25, 0.3) is 10.9 Å². The Balaban J connectivity index is 1.45. The van der Waals surface area contributed by atoms with Crippen molar-refractivity contribution < 1.29 is 0 Å². The third-order valence-electron chi connectivity index (χ3n) is 4.63. The average molecular weight is 285 g/mol. The number of nitrogens with one attached hydrogen (secondary N) is 2. The van der Waals surface area contributed by atoms with Gasteiger partial charge in [0.2, 0.25) is 0 Å². The van der Waals surface area contributed by atoms with Gasteiger partial charge in [0.25, 0.3) is 0 Å². The normalized spacial score (nSPS) is 17.6. The van der Waals surface area contributed by atoms with Gasteiger partial charge in [0, 0.05) is 24.3 Å². The number of hydrogen-bond acceptors (Lipinski definition) is 2. The second kappa shape index (κ2) is 7.10. The highest BCUT2D eigenvalue weighted by atomic mass is 15.1. The van der Waals surface area contributed by atoms with E-state index >= 15 is 0 Å². The molecular formula is C18H27N3. The van der Waals surface area contributed by atoms with Crippen molar-refractivity contribution in [1.82, 2.24) is 15.2 Å². The number of aromatic nitrogens is 1. The zero-order valence-corrected chi connectivity index (χ0v) is 13.1. The first-order valence-corrected chi connectivity index (χ1v) is 8.37. The number of likely N-dealkylation sites (tertiary alicyclic amines) is 1. The first-order valence-electron chi connectivity index (χ1n) is 8.37. The van der Waals surface area contributed by atoms with Gasteiger partial charge in [-0.25, -0.2) is 0 Å². The second-order valence-electron chi connectivity index (χ2n) is 6.25. The van der Waals surface area contributed by atoms with Crippen LogP contribution in [0, 0.1) is 0 Å². The van der Waals surface area contributed by atoms with Crippen molar-refractivity contribution in [3.63, 3.8) is 0 Å². The molecule has 1 aliphatic heterocycles. The first kappa shape index (κ1) is 14.6. The number of aromatic amines is 1. The topological polar surface area (TPSA) is 31.1 Å². The lowest BCUT2D eigenvalue weighted by Gasteiger charge is -2.32. The molecule has 3 rings (SSSR count). The molecule has 0 atom stereocenters. The number of benzene rings is 1. The Morgan fingerprint density at radius 3 is 2.90 bits per heavy atom. The fourth-order valence-electron chi connectivity index (χ4n) is 3.21. The molecule has 1 aromatic carbocycles. The maximum absolute atomic E-state index is 3.73. The van der Waals surface area contributed by atoms with Gasteiger partial charge in [-0.1, -0.05) is 25.5 Å². The van der Waals surface area contributed by atoms with Crippen LogP contribution in [0.15, 0.2) is 30.5 Å². The van der Waals surface area contributed by atoms with Crippen LogP contribution in [0.4, 0.5) is 0 Å². The summed E-state index contributed by atoms with van der Waals surface area (Å²) in [5.74, 6) is 0. The highest BCUT2D eigenvalue weighted by Gasteiger charge is 2.17. The van der Waals surface area contributed by atoms with E-state index in [1.165, 1.54) is 61.8 Å². The Bertz CT molecular complexity index is 552. The monoisotopic (exact) mass is 285 g/mol. The standard InChI is InChI=1S/C18H27N3/c1-2-3-10-21-11-7-17(8-12-21)20-14-15-4-5-16-6-9-19-18(16)13-15/h4-6,9,13,17,19-20H,2-3,7-8,10-12,14H2,1H3. The summed E-state index contributed by atoms with van der Waals surface area (Å²) in [7, 11) is 0. The lowest BCUT2D eigenvalue weighted by atomic mass is 10.0. The van der Waals surface area contributed by atoms with Gasteiger partial charge in [-0.15, -0.1) is 0 Å². The number of nitrogens with zero attached hydrogens (tertiary/aromatic N) is 1. The van der Waals surface area contributed by atoms with Gasteiger partial charge in [-0.2, -0.15) is 0 Å². The predicted octanol–water partition coefficient (Wildman–Crippen LogP) is 3.52. The smallest absolute Gasteiger partial charge is 0.0457 e.